The van der Waals surface area contributed by atoms with Crippen LogP contribution >= 0.6 is 0 Å². The first-order valence-electron chi connectivity index (χ1n) is 6.69. The van der Waals surface area contributed by atoms with Crippen LogP contribution in [-0.4, -0.2) is 39.4 Å². The van der Waals surface area contributed by atoms with Gasteiger partial charge >= 0.3 is 0 Å². The van der Waals surface area contributed by atoms with E-state index < -0.39 is 0 Å². The highest BCUT2D eigenvalue weighted by Gasteiger charge is 2.16. The van der Waals surface area contributed by atoms with Gasteiger partial charge in [-0.1, -0.05) is 6.07 Å². The van der Waals surface area contributed by atoms with E-state index in [0.717, 1.165) is 26.2 Å². The minimum absolute atomic E-state index is 0.296. The number of likely N-dealkylation sites (N-methyl/N-ethyl adjacent to an activating group) is 1. The molecule has 1 fully saturated rings. The Labute approximate surface area is 110 Å². The lowest BCUT2D eigenvalue weighted by Crippen LogP contribution is -2.44. The summed E-state index contributed by atoms with van der Waals surface area (Å²) < 4.78 is 5.76. The summed E-state index contributed by atoms with van der Waals surface area (Å²) in [7, 11) is 2.15. The third-order valence-electron chi connectivity index (χ3n) is 3.71. The van der Waals surface area contributed by atoms with Crippen LogP contribution < -0.4 is 10.2 Å². The van der Waals surface area contributed by atoms with Crippen LogP contribution in [0.5, 0.6) is 0 Å². The van der Waals surface area contributed by atoms with Gasteiger partial charge in [0.1, 0.15) is 0 Å². The van der Waals surface area contributed by atoms with Gasteiger partial charge in [-0.2, -0.15) is 0 Å². The molecule has 3 nitrogen and oxygen atoms in total. The van der Waals surface area contributed by atoms with Crippen LogP contribution in [0.15, 0.2) is 12.1 Å². The SMILES string of the molecule is Cc1cc(C)c(N(C)CC2CNCCO2)cc1C. The lowest BCUT2D eigenvalue weighted by molar-refractivity contribution is 0.0340. The van der Waals surface area contributed by atoms with Crippen LogP contribution in [0.25, 0.3) is 0 Å². The number of hydrogen-bond acceptors (Lipinski definition) is 3. The fourth-order valence-electron chi connectivity index (χ4n) is 2.50. The van der Waals surface area contributed by atoms with Crippen molar-refractivity contribution in [3.8, 4) is 0 Å². The van der Waals surface area contributed by atoms with Gasteiger partial charge < -0.3 is 15.0 Å². The molecule has 0 spiro atoms. The van der Waals surface area contributed by atoms with Crippen molar-refractivity contribution in [2.24, 2.45) is 0 Å². The van der Waals surface area contributed by atoms with E-state index >= 15 is 0 Å². The Morgan fingerprint density at radius 1 is 1.22 bits per heavy atom. The van der Waals surface area contributed by atoms with Gasteiger partial charge in [0.2, 0.25) is 0 Å². The summed E-state index contributed by atoms with van der Waals surface area (Å²) in [6.45, 7) is 10.2. The van der Waals surface area contributed by atoms with Gasteiger partial charge in [-0.25, -0.2) is 0 Å². The number of benzene rings is 1. The lowest BCUT2D eigenvalue weighted by atomic mass is 10.0. The van der Waals surface area contributed by atoms with Crippen molar-refractivity contribution in [3.63, 3.8) is 0 Å². The van der Waals surface area contributed by atoms with Crippen LogP contribution in [-0.2, 0) is 4.74 Å². The Hall–Kier alpha value is -1.06. The van der Waals surface area contributed by atoms with Gasteiger partial charge in [0, 0.05) is 32.4 Å². The van der Waals surface area contributed by atoms with Crippen molar-refractivity contribution < 1.29 is 4.74 Å². The second-order valence-electron chi connectivity index (χ2n) is 5.30. The van der Waals surface area contributed by atoms with Crippen LogP contribution in [0.3, 0.4) is 0 Å². The van der Waals surface area contributed by atoms with Gasteiger partial charge in [0.15, 0.2) is 0 Å². The summed E-state index contributed by atoms with van der Waals surface area (Å²) in [5, 5.41) is 3.38. The number of rotatable bonds is 3. The average Bonchev–Trinajstić information content (AvgIpc) is 2.35. The molecule has 1 aliphatic rings. The molecule has 1 aromatic carbocycles. The number of aryl methyl sites for hydroxylation is 3. The fraction of sp³-hybridized carbons (Fsp3) is 0.600. The Bertz CT molecular complexity index is 411. The monoisotopic (exact) mass is 248 g/mol. The molecule has 1 atom stereocenters. The molecule has 100 valence electrons. The maximum absolute atomic E-state index is 5.76. The first kappa shape index (κ1) is 13.4. The Morgan fingerprint density at radius 2 is 1.94 bits per heavy atom. The first-order valence-corrected chi connectivity index (χ1v) is 6.69. The molecule has 0 saturated carbocycles. The molecule has 0 aromatic heterocycles. The molecule has 1 aromatic rings. The lowest BCUT2D eigenvalue weighted by Gasteiger charge is -2.30. The molecule has 0 amide bonds. The molecule has 2 rings (SSSR count). The van der Waals surface area contributed by atoms with E-state index in [9.17, 15) is 0 Å². The highest BCUT2D eigenvalue weighted by molar-refractivity contribution is 5.56. The van der Waals surface area contributed by atoms with Gasteiger partial charge in [-0.05, 0) is 43.5 Å². The molecule has 1 heterocycles. The maximum atomic E-state index is 5.76. The van der Waals surface area contributed by atoms with Crippen LogP contribution in [0.1, 0.15) is 16.7 Å². The number of nitrogens with one attached hydrogen (secondary N) is 1. The van der Waals surface area contributed by atoms with Crippen molar-refractivity contribution in [2.75, 3.05) is 38.2 Å². The number of morpholine rings is 1. The average molecular weight is 248 g/mol. The summed E-state index contributed by atoms with van der Waals surface area (Å²) in [5.41, 5.74) is 5.36. The second kappa shape index (κ2) is 5.72. The van der Waals surface area contributed by atoms with Gasteiger partial charge in [0.05, 0.1) is 12.7 Å². The van der Waals surface area contributed by atoms with Crippen molar-refractivity contribution in [1.29, 1.82) is 0 Å². The quantitative estimate of drug-likeness (QED) is 0.886. The van der Waals surface area contributed by atoms with E-state index in [1.54, 1.807) is 0 Å². The topological polar surface area (TPSA) is 24.5 Å². The Morgan fingerprint density at radius 3 is 2.61 bits per heavy atom. The summed E-state index contributed by atoms with van der Waals surface area (Å²) in [4.78, 5) is 2.30. The predicted octanol–water partition coefficient (Wildman–Crippen LogP) is 2.04. The first-order chi connectivity index (χ1) is 8.58. The Kier molecular flexibility index (Phi) is 4.25. The molecule has 1 saturated heterocycles. The Balaban J connectivity index is 2.08. The number of hydrogen-bond donors (Lipinski definition) is 1. The standard InChI is InChI=1S/C15H24N2O/c1-11-7-13(3)15(8-12(11)2)17(4)10-14-9-16-5-6-18-14/h7-8,14,16H,5-6,9-10H2,1-4H3. The summed E-state index contributed by atoms with van der Waals surface area (Å²) >= 11 is 0. The number of anilines is 1. The van der Waals surface area contributed by atoms with Gasteiger partial charge in [-0.3, -0.25) is 0 Å². The highest BCUT2D eigenvalue weighted by atomic mass is 16.5. The normalized spacial score (nSPS) is 19.9. The minimum atomic E-state index is 0.296. The molecular formula is C15H24N2O. The zero-order chi connectivity index (χ0) is 13.1. The van der Waals surface area contributed by atoms with E-state index in [2.05, 4.69) is 50.2 Å². The summed E-state index contributed by atoms with van der Waals surface area (Å²) in [6, 6.07) is 4.54. The fourth-order valence-corrected chi connectivity index (χ4v) is 2.50. The van der Waals surface area contributed by atoms with E-state index in [0.29, 0.717) is 6.10 Å². The molecule has 1 N–H and O–H groups in total. The molecule has 0 bridgehead atoms. The second-order valence-corrected chi connectivity index (χ2v) is 5.30. The van der Waals surface area contributed by atoms with Crippen molar-refractivity contribution >= 4 is 5.69 Å². The van der Waals surface area contributed by atoms with Gasteiger partial charge in [-0.15, -0.1) is 0 Å². The van der Waals surface area contributed by atoms with E-state index in [1.807, 2.05) is 0 Å². The van der Waals surface area contributed by atoms with Crippen LogP contribution in [0.4, 0.5) is 5.69 Å². The number of nitrogens with zero attached hydrogens (tertiary/aromatic N) is 1. The molecule has 1 unspecified atom stereocenters. The third kappa shape index (κ3) is 3.03. The van der Waals surface area contributed by atoms with Crippen LogP contribution in [0.2, 0.25) is 0 Å². The smallest absolute Gasteiger partial charge is 0.0874 e. The van der Waals surface area contributed by atoms with Gasteiger partial charge in [0.25, 0.3) is 0 Å². The van der Waals surface area contributed by atoms with Crippen molar-refractivity contribution in [3.05, 3.63) is 28.8 Å². The molecule has 1 aliphatic heterocycles. The molecule has 0 radical (unpaired) electrons. The number of ether oxygens (including phenoxy) is 1. The van der Waals surface area contributed by atoms with Crippen LogP contribution in [0, 0.1) is 20.8 Å². The zero-order valence-electron chi connectivity index (χ0n) is 11.9. The zero-order valence-corrected chi connectivity index (χ0v) is 11.9. The third-order valence-corrected chi connectivity index (χ3v) is 3.71. The predicted molar refractivity (Wildman–Crippen MR) is 76.5 cm³/mol. The highest BCUT2D eigenvalue weighted by Crippen LogP contribution is 2.23. The largest absolute Gasteiger partial charge is 0.374 e. The van der Waals surface area contributed by atoms with Crippen molar-refractivity contribution in [2.45, 2.75) is 26.9 Å². The molecule has 18 heavy (non-hydrogen) atoms. The minimum Gasteiger partial charge on any atom is -0.374 e. The van der Waals surface area contributed by atoms with E-state index in [4.69, 9.17) is 4.74 Å². The molecular weight excluding hydrogens is 224 g/mol. The summed E-state index contributed by atoms with van der Waals surface area (Å²) in [5.74, 6) is 0. The van der Waals surface area contributed by atoms with Crippen molar-refractivity contribution in [1.82, 2.24) is 5.32 Å². The molecule has 0 aliphatic carbocycles. The maximum Gasteiger partial charge on any atom is 0.0874 e. The summed E-state index contributed by atoms with van der Waals surface area (Å²) in [6.07, 6.45) is 0.296. The molecule has 3 heteroatoms. The van der Waals surface area contributed by atoms with E-state index in [1.165, 1.54) is 22.4 Å². The van der Waals surface area contributed by atoms with E-state index in [-0.39, 0.29) is 0 Å².